The van der Waals surface area contributed by atoms with Crippen molar-refractivity contribution in [2.24, 2.45) is 0 Å². The van der Waals surface area contributed by atoms with Crippen LogP contribution in [0.2, 0.25) is 0 Å². The van der Waals surface area contributed by atoms with Gasteiger partial charge in [-0.2, -0.15) is 0 Å². The van der Waals surface area contributed by atoms with Gasteiger partial charge in [-0.05, 0) is 6.42 Å². The average molecular weight is 218 g/mol. The van der Waals surface area contributed by atoms with Crippen LogP contribution in [0.4, 0.5) is 0 Å². The van der Waals surface area contributed by atoms with Gasteiger partial charge in [-0.15, -0.1) is 0 Å². The maximum atomic E-state index is 10.7. The molecular formula is C9H18N2O4. The fourth-order valence-corrected chi connectivity index (χ4v) is 0.984. The lowest BCUT2D eigenvalue weighted by molar-refractivity contribution is -0.141. The van der Waals surface area contributed by atoms with Crippen molar-refractivity contribution >= 4 is 11.9 Å². The van der Waals surface area contributed by atoms with Crippen molar-refractivity contribution in [3.63, 3.8) is 0 Å². The normalized spacial score (nSPS) is 14.3. The van der Waals surface area contributed by atoms with E-state index in [1.165, 1.54) is 6.92 Å². The fraction of sp³-hybridized carbons (Fsp3) is 0.778. The van der Waals surface area contributed by atoms with Gasteiger partial charge in [-0.25, -0.2) is 4.79 Å². The van der Waals surface area contributed by atoms with E-state index in [9.17, 15) is 14.7 Å². The van der Waals surface area contributed by atoms with Crippen LogP contribution in [-0.4, -0.2) is 47.3 Å². The standard InChI is InChI=1S/C9H18N2O4/c1-3-7(13)4-10-5-8(9(14)15)11-6(2)12/h7-8,10,13H,3-5H2,1-2H3,(H,11,12)(H,14,15). The first-order valence-electron chi connectivity index (χ1n) is 4.86. The number of rotatable bonds is 7. The first kappa shape index (κ1) is 13.9. The minimum Gasteiger partial charge on any atom is -0.480 e. The number of carboxylic acids is 1. The highest BCUT2D eigenvalue weighted by Crippen LogP contribution is 1.88. The Balaban J connectivity index is 3.86. The first-order chi connectivity index (χ1) is 6.97. The lowest BCUT2D eigenvalue weighted by Gasteiger charge is -2.15. The number of amides is 1. The van der Waals surface area contributed by atoms with E-state index in [2.05, 4.69) is 10.6 Å². The molecule has 0 spiro atoms. The van der Waals surface area contributed by atoms with Crippen LogP contribution in [0.1, 0.15) is 20.3 Å². The first-order valence-corrected chi connectivity index (χ1v) is 4.86. The molecule has 0 aliphatic heterocycles. The molecule has 4 N–H and O–H groups in total. The highest BCUT2D eigenvalue weighted by molar-refractivity contribution is 5.82. The third-order valence-corrected chi connectivity index (χ3v) is 1.88. The van der Waals surface area contributed by atoms with Crippen LogP contribution < -0.4 is 10.6 Å². The van der Waals surface area contributed by atoms with Gasteiger partial charge < -0.3 is 20.8 Å². The zero-order chi connectivity index (χ0) is 11.8. The Morgan fingerprint density at radius 2 is 1.93 bits per heavy atom. The van der Waals surface area contributed by atoms with Gasteiger partial charge in [0, 0.05) is 20.0 Å². The molecule has 1 amide bonds. The summed E-state index contributed by atoms with van der Waals surface area (Å²) in [7, 11) is 0. The van der Waals surface area contributed by atoms with Crippen LogP contribution in [-0.2, 0) is 9.59 Å². The quantitative estimate of drug-likeness (QED) is 0.436. The number of nitrogens with one attached hydrogen (secondary N) is 2. The van der Waals surface area contributed by atoms with E-state index in [0.29, 0.717) is 13.0 Å². The lowest BCUT2D eigenvalue weighted by Crippen LogP contribution is -2.47. The summed E-state index contributed by atoms with van der Waals surface area (Å²) in [6.07, 6.45) is 0.113. The van der Waals surface area contributed by atoms with Crippen LogP contribution in [0.15, 0.2) is 0 Å². The summed E-state index contributed by atoms with van der Waals surface area (Å²) in [6, 6.07) is -0.952. The van der Waals surface area contributed by atoms with Crippen molar-refractivity contribution in [1.29, 1.82) is 0 Å². The number of carbonyl (C=O) groups excluding carboxylic acids is 1. The number of carbonyl (C=O) groups is 2. The van der Waals surface area contributed by atoms with Gasteiger partial charge >= 0.3 is 5.97 Å². The maximum Gasteiger partial charge on any atom is 0.327 e. The Morgan fingerprint density at radius 1 is 1.33 bits per heavy atom. The number of aliphatic hydroxyl groups excluding tert-OH is 1. The molecule has 2 unspecified atom stereocenters. The Labute approximate surface area is 88.7 Å². The van der Waals surface area contributed by atoms with Crippen molar-refractivity contribution in [3.05, 3.63) is 0 Å². The number of aliphatic carboxylic acids is 1. The molecule has 0 rings (SSSR count). The van der Waals surface area contributed by atoms with Crippen LogP contribution in [0.3, 0.4) is 0 Å². The topological polar surface area (TPSA) is 98.7 Å². The third-order valence-electron chi connectivity index (χ3n) is 1.88. The molecule has 0 saturated heterocycles. The predicted octanol–water partition coefficient (Wildman–Crippen LogP) is -1.06. The van der Waals surface area contributed by atoms with Gasteiger partial charge in [0.15, 0.2) is 0 Å². The molecule has 0 saturated carbocycles. The SMILES string of the molecule is CCC(O)CNCC(NC(C)=O)C(=O)O. The summed E-state index contributed by atoms with van der Waals surface area (Å²) in [5.41, 5.74) is 0. The maximum absolute atomic E-state index is 10.7. The van der Waals surface area contributed by atoms with Gasteiger partial charge in [-0.3, -0.25) is 4.79 Å². The van der Waals surface area contributed by atoms with E-state index in [4.69, 9.17) is 5.11 Å². The molecule has 0 radical (unpaired) electrons. The summed E-state index contributed by atoms with van der Waals surface area (Å²) in [4.78, 5) is 21.3. The molecule has 0 fully saturated rings. The second-order valence-corrected chi connectivity index (χ2v) is 3.31. The third kappa shape index (κ3) is 6.87. The molecule has 0 bridgehead atoms. The monoisotopic (exact) mass is 218 g/mol. The van der Waals surface area contributed by atoms with Crippen molar-refractivity contribution < 1.29 is 19.8 Å². The number of hydrogen-bond donors (Lipinski definition) is 4. The minimum atomic E-state index is -1.09. The van der Waals surface area contributed by atoms with E-state index in [0.717, 1.165) is 0 Å². The average Bonchev–Trinajstić information content (AvgIpc) is 2.15. The second-order valence-electron chi connectivity index (χ2n) is 3.31. The van der Waals surface area contributed by atoms with E-state index in [1.54, 1.807) is 0 Å². The van der Waals surface area contributed by atoms with Gasteiger partial charge in [0.05, 0.1) is 6.10 Å². The smallest absolute Gasteiger partial charge is 0.327 e. The Kier molecular flexibility index (Phi) is 6.64. The molecule has 2 atom stereocenters. The summed E-state index contributed by atoms with van der Waals surface area (Å²) < 4.78 is 0. The molecule has 15 heavy (non-hydrogen) atoms. The molecule has 6 nitrogen and oxygen atoms in total. The molecular weight excluding hydrogens is 200 g/mol. The van der Waals surface area contributed by atoms with Gasteiger partial charge in [0.2, 0.25) is 5.91 Å². The van der Waals surface area contributed by atoms with Crippen LogP contribution in [0.5, 0.6) is 0 Å². The Bertz CT molecular complexity index is 220. The van der Waals surface area contributed by atoms with E-state index >= 15 is 0 Å². The van der Waals surface area contributed by atoms with E-state index in [-0.39, 0.29) is 12.5 Å². The molecule has 0 aliphatic rings. The molecule has 0 heterocycles. The van der Waals surface area contributed by atoms with Gasteiger partial charge in [-0.1, -0.05) is 6.92 Å². The lowest BCUT2D eigenvalue weighted by atomic mass is 10.2. The zero-order valence-electron chi connectivity index (χ0n) is 8.99. The van der Waals surface area contributed by atoms with Crippen LogP contribution in [0, 0.1) is 0 Å². The Morgan fingerprint density at radius 3 is 2.33 bits per heavy atom. The highest BCUT2D eigenvalue weighted by atomic mass is 16.4. The number of carboxylic acid groups (broad SMARTS) is 1. The molecule has 0 aliphatic carbocycles. The van der Waals surface area contributed by atoms with Crippen molar-refractivity contribution in [2.75, 3.05) is 13.1 Å². The Hall–Kier alpha value is -1.14. The number of hydrogen-bond acceptors (Lipinski definition) is 4. The summed E-state index contributed by atoms with van der Waals surface area (Å²) in [5, 5.41) is 23.0. The van der Waals surface area contributed by atoms with Crippen LogP contribution in [0.25, 0.3) is 0 Å². The molecule has 0 aromatic heterocycles. The summed E-state index contributed by atoms with van der Waals surface area (Å²) in [5.74, 6) is -1.48. The fourth-order valence-electron chi connectivity index (χ4n) is 0.984. The van der Waals surface area contributed by atoms with Crippen molar-refractivity contribution in [1.82, 2.24) is 10.6 Å². The van der Waals surface area contributed by atoms with E-state index < -0.39 is 18.1 Å². The molecule has 0 aromatic carbocycles. The summed E-state index contributed by atoms with van der Waals surface area (Å²) >= 11 is 0. The van der Waals surface area contributed by atoms with Crippen LogP contribution >= 0.6 is 0 Å². The van der Waals surface area contributed by atoms with E-state index in [1.807, 2.05) is 6.92 Å². The van der Waals surface area contributed by atoms with Gasteiger partial charge in [0.25, 0.3) is 0 Å². The van der Waals surface area contributed by atoms with Gasteiger partial charge in [0.1, 0.15) is 6.04 Å². The summed E-state index contributed by atoms with van der Waals surface area (Å²) in [6.45, 7) is 3.51. The molecule has 6 heteroatoms. The second kappa shape index (κ2) is 7.19. The van der Waals surface area contributed by atoms with Crippen molar-refractivity contribution in [2.45, 2.75) is 32.4 Å². The largest absolute Gasteiger partial charge is 0.480 e. The zero-order valence-corrected chi connectivity index (χ0v) is 8.99. The predicted molar refractivity (Wildman–Crippen MR) is 54.4 cm³/mol. The highest BCUT2D eigenvalue weighted by Gasteiger charge is 2.17. The minimum absolute atomic E-state index is 0.103. The molecule has 88 valence electrons. The molecule has 0 aromatic rings. The number of aliphatic hydroxyl groups is 1. The van der Waals surface area contributed by atoms with Crippen molar-refractivity contribution in [3.8, 4) is 0 Å².